The fourth-order valence-corrected chi connectivity index (χ4v) is 5.83. The van der Waals surface area contributed by atoms with Crippen molar-refractivity contribution < 1.29 is 14.3 Å². The lowest BCUT2D eigenvalue weighted by Gasteiger charge is -2.29. The van der Waals surface area contributed by atoms with Gasteiger partial charge in [-0.3, -0.25) is 14.6 Å². The SMILES string of the molecule is O=C(CN1CCOC1=O)N1CCCN(C2CSCCSC2)CC1. The molecule has 3 rings (SSSR count). The van der Waals surface area contributed by atoms with Crippen molar-refractivity contribution in [1.29, 1.82) is 0 Å². The summed E-state index contributed by atoms with van der Waals surface area (Å²) in [4.78, 5) is 29.9. The van der Waals surface area contributed by atoms with Crippen LogP contribution in [0, 0.1) is 0 Å². The van der Waals surface area contributed by atoms with Crippen molar-refractivity contribution in [1.82, 2.24) is 14.7 Å². The zero-order valence-corrected chi connectivity index (χ0v) is 15.1. The van der Waals surface area contributed by atoms with Gasteiger partial charge >= 0.3 is 6.09 Å². The minimum atomic E-state index is -0.359. The molecule has 0 aromatic rings. The van der Waals surface area contributed by atoms with E-state index in [0.29, 0.717) is 19.2 Å². The Morgan fingerprint density at radius 2 is 1.87 bits per heavy atom. The lowest BCUT2D eigenvalue weighted by atomic mass is 10.3. The van der Waals surface area contributed by atoms with E-state index in [1.54, 1.807) is 0 Å². The van der Waals surface area contributed by atoms with Crippen molar-refractivity contribution in [3.63, 3.8) is 0 Å². The van der Waals surface area contributed by atoms with Gasteiger partial charge in [0.2, 0.25) is 5.91 Å². The summed E-state index contributed by atoms with van der Waals surface area (Å²) in [5, 5.41) is 0. The van der Waals surface area contributed by atoms with Crippen molar-refractivity contribution in [3.05, 3.63) is 0 Å². The lowest BCUT2D eigenvalue weighted by molar-refractivity contribution is -0.131. The molecule has 0 atom stereocenters. The normalized spacial score (nSPS) is 25.1. The van der Waals surface area contributed by atoms with Crippen molar-refractivity contribution in [2.45, 2.75) is 12.5 Å². The van der Waals surface area contributed by atoms with Gasteiger partial charge in [-0.05, 0) is 6.42 Å². The molecule has 6 nitrogen and oxygen atoms in total. The van der Waals surface area contributed by atoms with Gasteiger partial charge < -0.3 is 9.64 Å². The van der Waals surface area contributed by atoms with Gasteiger partial charge in [-0.2, -0.15) is 23.5 Å². The molecule has 0 aromatic carbocycles. The molecule has 0 unspecified atom stereocenters. The Balaban J connectivity index is 1.49. The maximum atomic E-state index is 12.4. The van der Waals surface area contributed by atoms with E-state index in [1.807, 2.05) is 4.90 Å². The standard InChI is InChI=1S/C15H25N3O3S2/c19-14(10-18-6-7-21-15(18)20)17-3-1-2-16(4-5-17)13-11-22-8-9-23-12-13/h13H,1-12H2. The first kappa shape index (κ1) is 17.2. The van der Waals surface area contributed by atoms with Crippen LogP contribution in [0.5, 0.6) is 0 Å². The number of rotatable bonds is 3. The molecule has 0 aliphatic carbocycles. The van der Waals surface area contributed by atoms with E-state index in [2.05, 4.69) is 28.4 Å². The fraction of sp³-hybridized carbons (Fsp3) is 0.867. The van der Waals surface area contributed by atoms with Crippen LogP contribution in [0.2, 0.25) is 0 Å². The summed E-state index contributed by atoms with van der Waals surface area (Å²) in [5.74, 6) is 4.98. The molecule has 8 heteroatoms. The second-order valence-electron chi connectivity index (χ2n) is 6.11. The second-order valence-corrected chi connectivity index (χ2v) is 8.41. The Labute approximate surface area is 146 Å². The third-order valence-corrected chi connectivity index (χ3v) is 7.05. The lowest BCUT2D eigenvalue weighted by Crippen LogP contribution is -2.44. The van der Waals surface area contributed by atoms with E-state index in [-0.39, 0.29) is 18.5 Å². The molecule has 3 saturated heterocycles. The first-order valence-electron chi connectivity index (χ1n) is 8.33. The predicted molar refractivity (Wildman–Crippen MR) is 94.1 cm³/mol. The number of thioether (sulfide) groups is 2. The molecule has 3 aliphatic rings. The molecule has 0 radical (unpaired) electrons. The first-order chi connectivity index (χ1) is 11.2. The number of amides is 2. The molecular weight excluding hydrogens is 334 g/mol. The Kier molecular flexibility index (Phi) is 6.36. The number of hydrogen-bond donors (Lipinski definition) is 0. The Bertz CT molecular complexity index is 430. The molecule has 0 bridgehead atoms. The van der Waals surface area contributed by atoms with Crippen LogP contribution in [-0.4, -0.2) is 102 Å². The van der Waals surface area contributed by atoms with Gasteiger partial charge in [0.05, 0.1) is 6.54 Å². The minimum absolute atomic E-state index is 0.0512. The molecule has 0 spiro atoms. The highest BCUT2D eigenvalue weighted by Gasteiger charge is 2.29. The molecule has 0 saturated carbocycles. The topological polar surface area (TPSA) is 53.1 Å². The van der Waals surface area contributed by atoms with E-state index in [1.165, 1.54) is 27.9 Å². The molecule has 23 heavy (non-hydrogen) atoms. The number of cyclic esters (lactones) is 1. The zero-order valence-electron chi connectivity index (χ0n) is 13.4. The Morgan fingerprint density at radius 1 is 1.09 bits per heavy atom. The second kappa shape index (κ2) is 8.48. The third-order valence-electron chi connectivity index (χ3n) is 4.56. The fourth-order valence-electron chi connectivity index (χ4n) is 3.20. The van der Waals surface area contributed by atoms with E-state index in [9.17, 15) is 9.59 Å². The van der Waals surface area contributed by atoms with Gasteiger partial charge in [0, 0.05) is 55.2 Å². The van der Waals surface area contributed by atoms with Crippen LogP contribution in [0.25, 0.3) is 0 Å². The van der Waals surface area contributed by atoms with Crippen LogP contribution in [0.15, 0.2) is 0 Å². The predicted octanol–water partition coefficient (Wildman–Crippen LogP) is 0.822. The highest BCUT2D eigenvalue weighted by Crippen LogP contribution is 2.21. The number of carbonyl (C=O) groups excluding carboxylic acids is 2. The monoisotopic (exact) mass is 359 g/mol. The van der Waals surface area contributed by atoms with Gasteiger partial charge in [0.15, 0.2) is 0 Å². The summed E-state index contributed by atoms with van der Waals surface area (Å²) in [7, 11) is 0. The zero-order chi connectivity index (χ0) is 16.1. The Hall–Kier alpha value is -0.600. The quantitative estimate of drug-likeness (QED) is 0.744. The van der Waals surface area contributed by atoms with E-state index >= 15 is 0 Å². The minimum Gasteiger partial charge on any atom is -0.448 e. The molecule has 2 amide bonds. The van der Waals surface area contributed by atoms with E-state index < -0.39 is 0 Å². The number of carbonyl (C=O) groups is 2. The van der Waals surface area contributed by atoms with Gasteiger partial charge in [-0.15, -0.1) is 0 Å². The summed E-state index contributed by atoms with van der Waals surface area (Å²) in [6.07, 6.45) is 0.657. The molecule has 3 fully saturated rings. The molecule has 3 heterocycles. The summed E-state index contributed by atoms with van der Waals surface area (Å²) in [5.41, 5.74) is 0. The molecular formula is C15H25N3O3S2. The van der Waals surface area contributed by atoms with Crippen LogP contribution < -0.4 is 0 Å². The molecule has 130 valence electrons. The van der Waals surface area contributed by atoms with Gasteiger partial charge in [-0.25, -0.2) is 4.79 Å². The number of nitrogens with zero attached hydrogens (tertiary/aromatic N) is 3. The van der Waals surface area contributed by atoms with Crippen LogP contribution >= 0.6 is 23.5 Å². The first-order valence-corrected chi connectivity index (χ1v) is 10.6. The smallest absolute Gasteiger partial charge is 0.410 e. The maximum Gasteiger partial charge on any atom is 0.410 e. The van der Waals surface area contributed by atoms with Crippen molar-refractivity contribution in [2.24, 2.45) is 0 Å². The van der Waals surface area contributed by atoms with Crippen LogP contribution in [0.3, 0.4) is 0 Å². The summed E-state index contributed by atoms with van der Waals surface area (Å²) in [6.45, 7) is 4.67. The average molecular weight is 360 g/mol. The number of ether oxygens (including phenoxy) is 1. The van der Waals surface area contributed by atoms with Crippen LogP contribution in [0.4, 0.5) is 4.79 Å². The molecule has 0 N–H and O–H groups in total. The van der Waals surface area contributed by atoms with Crippen molar-refractivity contribution >= 4 is 35.5 Å². The highest BCUT2D eigenvalue weighted by molar-refractivity contribution is 8.03. The summed E-state index contributed by atoms with van der Waals surface area (Å²) in [6, 6.07) is 0.635. The molecule has 0 aromatic heterocycles. The van der Waals surface area contributed by atoms with Crippen LogP contribution in [-0.2, 0) is 9.53 Å². The summed E-state index contributed by atoms with van der Waals surface area (Å²) < 4.78 is 4.89. The van der Waals surface area contributed by atoms with Crippen LogP contribution in [0.1, 0.15) is 6.42 Å². The summed E-state index contributed by atoms with van der Waals surface area (Å²) >= 11 is 4.10. The van der Waals surface area contributed by atoms with E-state index in [4.69, 9.17) is 4.74 Å². The van der Waals surface area contributed by atoms with Gasteiger partial charge in [0.25, 0.3) is 0 Å². The molecule has 3 aliphatic heterocycles. The third kappa shape index (κ3) is 4.70. The average Bonchev–Trinajstić information content (AvgIpc) is 2.81. The Morgan fingerprint density at radius 3 is 2.57 bits per heavy atom. The van der Waals surface area contributed by atoms with Gasteiger partial charge in [0.1, 0.15) is 13.2 Å². The van der Waals surface area contributed by atoms with E-state index in [0.717, 1.165) is 32.6 Å². The largest absolute Gasteiger partial charge is 0.448 e. The highest BCUT2D eigenvalue weighted by atomic mass is 32.2. The number of hydrogen-bond acceptors (Lipinski definition) is 6. The maximum absolute atomic E-state index is 12.4. The van der Waals surface area contributed by atoms with Gasteiger partial charge in [-0.1, -0.05) is 0 Å². The van der Waals surface area contributed by atoms with Crippen molar-refractivity contribution in [3.8, 4) is 0 Å². The van der Waals surface area contributed by atoms with Crippen molar-refractivity contribution in [2.75, 3.05) is 68.9 Å².